The Morgan fingerprint density at radius 1 is 1.08 bits per heavy atom. The van der Waals surface area contributed by atoms with Crippen molar-refractivity contribution in [3.05, 3.63) is 45.3 Å². The Balaban J connectivity index is 1.85. The standard InChI is InChI=1S/C22H25F5N4O3S3/c1-13-14(2)36-19(35-12-6-5-11-21(23,24)22(25,26)27)17-18(28-20(32)31(13)17)29-37(33,34)16-9-7-15(8-10-16)30(3)4/h7-10H,5-6,11-12H2,1-4H3,(H,28,29,32). The number of fused-ring (bicyclic) bond motifs is 1. The summed E-state index contributed by atoms with van der Waals surface area (Å²) >= 11 is 2.39. The minimum atomic E-state index is -5.59. The lowest BCUT2D eigenvalue weighted by atomic mass is 10.1. The molecule has 2 aliphatic rings. The smallest absolute Gasteiger partial charge is 0.378 e. The van der Waals surface area contributed by atoms with Crippen molar-refractivity contribution in [3.8, 4) is 5.69 Å². The van der Waals surface area contributed by atoms with Crippen molar-refractivity contribution in [1.82, 2.24) is 9.55 Å². The number of hydrogen-bond acceptors (Lipinski definition) is 7. The van der Waals surface area contributed by atoms with Gasteiger partial charge in [0.1, 0.15) is 5.69 Å². The fraction of sp³-hybridized carbons (Fsp3) is 0.455. The molecule has 0 fully saturated rings. The number of unbranched alkanes of at least 4 members (excludes halogenated alkanes) is 1. The number of imidazole rings is 1. The first-order valence-electron chi connectivity index (χ1n) is 11.0. The summed E-state index contributed by atoms with van der Waals surface area (Å²) in [7, 11) is -0.497. The van der Waals surface area contributed by atoms with Crippen LogP contribution in [-0.4, -0.2) is 49.9 Å². The largest absolute Gasteiger partial charge is 0.453 e. The fourth-order valence-corrected chi connectivity index (χ4v) is 6.88. The second-order valence-electron chi connectivity index (χ2n) is 8.46. The van der Waals surface area contributed by atoms with Gasteiger partial charge in [-0.25, -0.2) is 13.2 Å². The summed E-state index contributed by atoms with van der Waals surface area (Å²) in [6, 6.07) is 6.08. The van der Waals surface area contributed by atoms with Gasteiger partial charge in [-0.3, -0.25) is 9.29 Å². The van der Waals surface area contributed by atoms with E-state index in [1.807, 2.05) is 0 Å². The summed E-state index contributed by atoms with van der Waals surface area (Å²) in [6.45, 7) is 3.43. The summed E-state index contributed by atoms with van der Waals surface area (Å²) in [6.07, 6.45) is -7.22. The topological polar surface area (TPSA) is 84.3 Å². The predicted octanol–water partition coefficient (Wildman–Crippen LogP) is 5.68. The van der Waals surface area contributed by atoms with Crippen LogP contribution in [0.3, 0.4) is 0 Å². The molecule has 0 bridgehead atoms. The second kappa shape index (κ2) is 10.8. The minimum absolute atomic E-state index is 0.0426. The van der Waals surface area contributed by atoms with Crippen LogP contribution < -0.4 is 15.3 Å². The van der Waals surface area contributed by atoms with Crippen molar-refractivity contribution >= 4 is 44.6 Å². The zero-order valence-electron chi connectivity index (χ0n) is 20.3. The van der Waals surface area contributed by atoms with Crippen molar-refractivity contribution < 1.29 is 30.4 Å². The van der Waals surface area contributed by atoms with Crippen molar-refractivity contribution in [2.45, 2.75) is 54.3 Å². The average molecular weight is 585 g/mol. The van der Waals surface area contributed by atoms with Gasteiger partial charge in [0.05, 0.1) is 9.10 Å². The molecule has 2 aliphatic heterocycles. The molecule has 0 saturated carbocycles. The molecule has 1 aromatic carbocycles. The maximum atomic E-state index is 13.2. The number of hydrogen-bond donors (Lipinski definition) is 1. The lowest BCUT2D eigenvalue weighted by Gasteiger charge is -2.19. The van der Waals surface area contributed by atoms with Crippen LogP contribution >= 0.6 is 23.1 Å². The highest BCUT2D eigenvalue weighted by Gasteiger charge is 2.56. The quantitative estimate of drug-likeness (QED) is 0.188. The van der Waals surface area contributed by atoms with E-state index in [0.29, 0.717) is 9.90 Å². The van der Waals surface area contributed by atoms with Gasteiger partial charge in [0.25, 0.3) is 10.0 Å². The number of aromatic nitrogens is 2. The summed E-state index contributed by atoms with van der Waals surface area (Å²) in [5, 5.41) is 0. The number of sulfonamides is 1. The van der Waals surface area contributed by atoms with E-state index in [-0.39, 0.29) is 35.0 Å². The van der Waals surface area contributed by atoms with Gasteiger partial charge in [0.15, 0.2) is 5.82 Å². The third-order valence-electron chi connectivity index (χ3n) is 5.56. The molecule has 2 heterocycles. The molecule has 1 N–H and O–H groups in total. The lowest BCUT2D eigenvalue weighted by Crippen LogP contribution is -2.36. The van der Waals surface area contributed by atoms with Gasteiger partial charge < -0.3 is 4.90 Å². The van der Waals surface area contributed by atoms with Crippen molar-refractivity contribution in [2.24, 2.45) is 0 Å². The highest BCUT2D eigenvalue weighted by atomic mass is 32.2. The monoisotopic (exact) mass is 584 g/mol. The van der Waals surface area contributed by atoms with Gasteiger partial charge in [-0.05, 0) is 56.7 Å². The molecular weight excluding hydrogens is 559 g/mol. The van der Waals surface area contributed by atoms with Crippen molar-refractivity contribution in [2.75, 3.05) is 29.5 Å². The fourth-order valence-electron chi connectivity index (χ4n) is 3.35. The number of aryl methyl sites for hydroxylation is 1. The van der Waals surface area contributed by atoms with Crippen molar-refractivity contribution in [1.29, 1.82) is 0 Å². The van der Waals surface area contributed by atoms with Crippen LogP contribution in [0.2, 0.25) is 0 Å². The van der Waals surface area contributed by atoms with E-state index in [2.05, 4.69) is 9.71 Å². The highest BCUT2D eigenvalue weighted by Crippen LogP contribution is 2.41. The van der Waals surface area contributed by atoms with Gasteiger partial charge in [0, 0.05) is 36.8 Å². The lowest BCUT2D eigenvalue weighted by molar-refractivity contribution is -0.284. The molecular formula is C22H25F5N4O3S3. The number of rotatable bonds is 10. The van der Waals surface area contributed by atoms with Gasteiger partial charge in [-0.15, -0.1) is 23.1 Å². The number of alkyl halides is 5. The molecule has 3 rings (SSSR count). The predicted molar refractivity (Wildman–Crippen MR) is 136 cm³/mol. The molecule has 37 heavy (non-hydrogen) atoms. The van der Waals surface area contributed by atoms with E-state index in [1.54, 1.807) is 45.0 Å². The summed E-state index contributed by atoms with van der Waals surface area (Å²) in [5.74, 6) is -4.76. The number of halogens is 5. The maximum Gasteiger partial charge on any atom is 0.453 e. The number of anilines is 2. The molecule has 7 nitrogen and oxygen atoms in total. The molecule has 0 radical (unpaired) electrons. The van der Waals surface area contributed by atoms with Crippen LogP contribution in [0.25, 0.3) is 5.69 Å². The van der Waals surface area contributed by atoms with Gasteiger partial charge in [0.2, 0.25) is 0 Å². The molecule has 204 valence electrons. The zero-order valence-corrected chi connectivity index (χ0v) is 22.8. The van der Waals surface area contributed by atoms with E-state index in [0.717, 1.165) is 22.3 Å². The Bertz CT molecular complexity index is 1380. The molecule has 0 spiro atoms. The molecule has 0 amide bonds. The Morgan fingerprint density at radius 2 is 1.70 bits per heavy atom. The first-order valence-corrected chi connectivity index (χ1v) is 14.2. The molecule has 0 aliphatic carbocycles. The molecule has 1 aromatic rings. The Morgan fingerprint density at radius 3 is 2.27 bits per heavy atom. The van der Waals surface area contributed by atoms with Gasteiger partial charge in [-0.1, -0.05) is 0 Å². The van der Waals surface area contributed by atoms with E-state index in [1.165, 1.54) is 28.0 Å². The third-order valence-corrected chi connectivity index (χ3v) is 9.45. The average Bonchev–Trinajstić information content (AvgIpc) is 3.11. The maximum absolute atomic E-state index is 13.2. The van der Waals surface area contributed by atoms with Gasteiger partial charge >= 0.3 is 17.8 Å². The van der Waals surface area contributed by atoms with Gasteiger partial charge in [-0.2, -0.15) is 26.9 Å². The Hall–Kier alpha value is -2.39. The second-order valence-corrected chi connectivity index (χ2v) is 12.7. The molecule has 0 saturated heterocycles. The molecule has 15 heteroatoms. The number of nitrogens with zero attached hydrogens (tertiary/aromatic N) is 3. The Kier molecular flexibility index (Phi) is 8.49. The van der Waals surface area contributed by atoms with Crippen LogP contribution in [0.5, 0.6) is 0 Å². The number of thioether (sulfide) groups is 1. The normalized spacial score (nSPS) is 12.8. The van der Waals surface area contributed by atoms with E-state index < -0.39 is 34.2 Å². The van der Waals surface area contributed by atoms with Crippen LogP contribution in [-0.2, 0) is 10.0 Å². The van der Waals surface area contributed by atoms with Crippen molar-refractivity contribution in [3.63, 3.8) is 0 Å². The first-order chi connectivity index (χ1) is 17.0. The summed E-state index contributed by atoms with van der Waals surface area (Å²) in [5.41, 5.74) is 0.841. The third kappa shape index (κ3) is 6.37. The number of benzene rings is 1. The summed E-state index contributed by atoms with van der Waals surface area (Å²) in [4.78, 5) is 19.1. The van der Waals surface area contributed by atoms with Crippen LogP contribution in [0.1, 0.15) is 29.8 Å². The first kappa shape index (κ1) is 29.2. The zero-order chi connectivity index (χ0) is 27.8. The number of nitrogens with one attached hydrogen (secondary N) is 1. The van der Waals surface area contributed by atoms with Crippen LogP contribution in [0, 0.1) is 13.8 Å². The highest BCUT2D eigenvalue weighted by molar-refractivity contribution is 8.01. The molecule has 0 atom stereocenters. The molecule has 0 unspecified atom stereocenters. The summed E-state index contributed by atoms with van der Waals surface area (Å²) < 4.78 is 93.6. The van der Waals surface area contributed by atoms with Crippen LogP contribution in [0.15, 0.2) is 38.2 Å². The Labute approximate surface area is 219 Å². The van der Waals surface area contributed by atoms with E-state index in [9.17, 15) is 35.2 Å². The van der Waals surface area contributed by atoms with E-state index in [4.69, 9.17) is 0 Å². The SMILES string of the molecule is Cc1sc(SCCCCC(F)(F)C(F)(F)F)c2c(NS(=O)(=O)c3ccc(N(C)C)cc3)nc(=O)n-2c1C. The van der Waals surface area contributed by atoms with E-state index >= 15 is 0 Å². The molecule has 0 aromatic heterocycles. The van der Waals surface area contributed by atoms with Crippen LogP contribution in [0.4, 0.5) is 33.5 Å². The minimum Gasteiger partial charge on any atom is -0.378 e.